The molecule has 0 fully saturated rings. The van der Waals surface area contributed by atoms with Gasteiger partial charge in [-0.1, -0.05) is 23.7 Å². The Morgan fingerprint density at radius 1 is 1.05 bits per heavy atom. The predicted octanol–water partition coefficient (Wildman–Crippen LogP) is 4.82. The van der Waals surface area contributed by atoms with Crippen LogP contribution in [0.15, 0.2) is 36.4 Å². The van der Waals surface area contributed by atoms with Gasteiger partial charge < -0.3 is 9.47 Å². The molecule has 0 saturated carbocycles. The van der Waals surface area contributed by atoms with Gasteiger partial charge in [-0.3, -0.25) is 0 Å². The molecule has 0 aromatic heterocycles. The molecule has 0 N–H and O–H groups in total. The highest BCUT2D eigenvalue weighted by Gasteiger charge is 2.20. The molecule has 0 aliphatic heterocycles. The van der Waals surface area contributed by atoms with Crippen molar-refractivity contribution in [2.75, 3.05) is 14.2 Å². The van der Waals surface area contributed by atoms with E-state index in [4.69, 9.17) is 32.7 Å². The number of rotatable bonds is 4. The van der Waals surface area contributed by atoms with Crippen molar-refractivity contribution in [3.8, 4) is 11.5 Å². The van der Waals surface area contributed by atoms with Crippen molar-refractivity contribution >= 4 is 23.2 Å². The summed E-state index contributed by atoms with van der Waals surface area (Å²) in [6, 6.07) is 9.80. The van der Waals surface area contributed by atoms with Crippen LogP contribution in [0.2, 0.25) is 5.02 Å². The van der Waals surface area contributed by atoms with Gasteiger partial charge in [0.05, 0.1) is 24.6 Å². The van der Waals surface area contributed by atoms with E-state index >= 15 is 0 Å². The van der Waals surface area contributed by atoms with Crippen LogP contribution in [0.4, 0.5) is 4.39 Å². The third-order valence-electron chi connectivity index (χ3n) is 2.96. The molecule has 2 aromatic carbocycles. The van der Waals surface area contributed by atoms with Crippen LogP contribution >= 0.6 is 23.2 Å². The first-order chi connectivity index (χ1) is 9.58. The second kappa shape index (κ2) is 6.33. The van der Waals surface area contributed by atoms with Gasteiger partial charge in [0.25, 0.3) is 0 Å². The van der Waals surface area contributed by atoms with Gasteiger partial charge in [-0.2, -0.15) is 0 Å². The summed E-state index contributed by atoms with van der Waals surface area (Å²) in [5.74, 6) is 0.724. The van der Waals surface area contributed by atoms with Crippen LogP contribution in [0.25, 0.3) is 0 Å². The number of methoxy groups -OCH3 is 2. The average molecular weight is 315 g/mol. The van der Waals surface area contributed by atoms with E-state index < -0.39 is 11.2 Å². The molecule has 0 bridgehead atoms. The van der Waals surface area contributed by atoms with Crippen molar-refractivity contribution in [1.29, 1.82) is 0 Å². The van der Waals surface area contributed by atoms with E-state index in [2.05, 4.69) is 0 Å². The average Bonchev–Trinajstić information content (AvgIpc) is 2.48. The van der Waals surface area contributed by atoms with Gasteiger partial charge in [0.2, 0.25) is 0 Å². The summed E-state index contributed by atoms with van der Waals surface area (Å²) in [4.78, 5) is 0. The van der Waals surface area contributed by atoms with E-state index in [0.29, 0.717) is 22.6 Å². The van der Waals surface area contributed by atoms with Gasteiger partial charge in [0.15, 0.2) is 0 Å². The van der Waals surface area contributed by atoms with Gasteiger partial charge in [-0.05, 0) is 29.8 Å². The number of benzene rings is 2. The molecule has 0 amide bonds. The van der Waals surface area contributed by atoms with Gasteiger partial charge in [-0.25, -0.2) is 4.39 Å². The summed E-state index contributed by atoms with van der Waals surface area (Å²) in [6.07, 6.45) is 0. The Balaban J connectivity index is 2.51. The molecule has 0 spiro atoms. The fourth-order valence-corrected chi connectivity index (χ4v) is 2.56. The minimum absolute atomic E-state index is 0.0115. The lowest BCUT2D eigenvalue weighted by Gasteiger charge is -2.16. The van der Waals surface area contributed by atoms with Crippen molar-refractivity contribution in [3.05, 3.63) is 58.4 Å². The summed E-state index contributed by atoms with van der Waals surface area (Å²) in [5, 5.41) is -0.624. The van der Waals surface area contributed by atoms with Crippen molar-refractivity contribution in [2.45, 2.75) is 5.38 Å². The normalized spacial score (nSPS) is 12.1. The second-order valence-electron chi connectivity index (χ2n) is 4.11. The Morgan fingerprint density at radius 3 is 2.45 bits per heavy atom. The van der Waals surface area contributed by atoms with Crippen molar-refractivity contribution in [1.82, 2.24) is 0 Å². The quantitative estimate of drug-likeness (QED) is 0.753. The molecular formula is C15H13Cl2FO2. The zero-order valence-electron chi connectivity index (χ0n) is 11.0. The summed E-state index contributed by atoms with van der Waals surface area (Å²) >= 11 is 12.4. The van der Waals surface area contributed by atoms with Gasteiger partial charge in [-0.15, -0.1) is 11.6 Å². The molecule has 2 rings (SSSR count). The van der Waals surface area contributed by atoms with Crippen LogP contribution in [0.5, 0.6) is 11.5 Å². The molecular weight excluding hydrogens is 302 g/mol. The molecule has 106 valence electrons. The Bertz CT molecular complexity index is 617. The van der Waals surface area contributed by atoms with E-state index in [1.165, 1.54) is 6.07 Å². The third-order valence-corrected chi connectivity index (χ3v) is 3.83. The van der Waals surface area contributed by atoms with E-state index in [0.717, 1.165) is 0 Å². The molecule has 0 radical (unpaired) electrons. The van der Waals surface area contributed by atoms with Crippen LogP contribution < -0.4 is 9.47 Å². The lowest BCUT2D eigenvalue weighted by Crippen LogP contribution is -2.00. The molecule has 2 nitrogen and oxygen atoms in total. The second-order valence-corrected chi connectivity index (χ2v) is 4.93. The maximum atomic E-state index is 13.5. The van der Waals surface area contributed by atoms with Gasteiger partial charge in [0.1, 0.15) is 17.3 Å². The van der Waals surface area contributed by atoms with Crippen LogP contribution in [0, 0.1) is 5.82 Å². The van der Waals surface area contributed by atoms with Crippen LogP contribution in [0.3, 0.4) is 0 Å². The minimum Gasteiger partial charge on any atom is -0.497 e. The molecule has 5 heteroatoms. The predicted molar refractivity (Wildman–Crippen MR) is 78.7 cm³/mol. The Hall–Kier alpha value is -1.45. The first-order valence-electron chi connectivity index (χ1n) is 5.88. The first-order valence-corrected chi connectivity index (χ1v) is 6.69. The Morgan fingerprint density at radius 2 is 1.80 bits per heavy atom. The van der Waals surface area contributed by atoms with Crippen LogP contribution in [0.1, 0.15) is 16.5 Å². The Kier molecular flexibility index (Phi) is 4.73. The van der Waals surface area contributed by atoms with Crippen molar-refractivity contribution < 1.29 is 13.9 Å². The first kappa shape index (κ1) is 14.9. The fraction of sp³-hybridized carbons (Fsp3) is 0.200. The van der Waals surface area contributed by atoms with Crippen molar-refractivity contribution in [2.24, 2.45) is 0 Å². The van der Waals surface area contributed by atoms with Gasteiger partial charge >= 0.3 is 0 Å². The molecule has 1 atom stereocenters. The monoisotopic (exact) mass is 314 g/mol. The third kappa shape index (κ3) is 2.84. The lowest BCUT2D eigenvalue weighted by atomic mass is 10.0. The largest absolute Gasteiger partial charge is 0.497 e. The molecule has 0 aliphatic rings. The number of hydrogen-bond acceptors (Lipinski definition) is 2. The molecule has 20 heavy (non-hydrogen) atoms. The fourth-order valence-electron chi connectivity index (χ4n) is 1.92. The SMILES string of the molecule is COc1ccc(OC)c(C(Cl)c2cccc(F)c2Cl)c1. The molecule has 0 aliphatic carbocycles. The van der Waals surface area contributed by atoms with E-state index in [1.807, 2.05) is 0 Å². The van der Waals surface area contributed by atoms with E-state index in [1.54, 1.807) is 44.6 Å². The highest BCUT2D eigenvalue weighted by molar-refractivity contribution is 6.33. The van der Waals surface area contributed by atoms with Crippen LogP contribution in [-0.2, 0) is 0 Å². The number of halogens is 3. The standard InChI is InChI=1S/C15H13Cl2FO2/c1-19-9-6-7-13(20-2)11(8-9)14(16)10-4-3-5-12(18)15(10)17/h3-8,14H,1-2H3. The number of hydrogen-bond donors (Lipinski definition) is 0. The van der Waals surface area contributed by atoms with Crippen molar-refractivity contribution in [3.63, 3.8) is 0 Å². The topological polar surface area (TPSA) is 18.5 Å². The zero-order chi connectivity index (χ0) is 14.7. The summed E-state index contributed by atoms with van der Waals surface area (Å²) in [6.45, 7) is 0. The molecule has 0 saturated heterocycles. The van der Waals surface area contributed by atoms with E-state index in [9.17, 15) is 4.39 Å². The lowest BCUT2D eigenvalue weighted by molar-refractivity contribution is 0.399. The smallest absolute Gasteiger partial charge is 0.142 e. The Labute approximate surface area is 127 Å². The van der Waals surface area contributed by atoms with E-state index in [-0.39, 0.29) is 5.02 Å². The number of ether oxygens (including phenoxy) is 2. The summed E-state index contributed by atoms with van der Waals surface area (Å²) in [7, 11) is 3.10. The zero-order valence-corrected chi connectivity index (χ0v) is 12.5. The summed E-state index contributed by atoms with van der Waals surface area (Å²) < 4.78 is 24.0. The molecule has 0 heterocycles. The summed E-state index contributed by atoms with van der Waals surface area (Å²) in [5.41, 5.74) is 1.15. The molecule has 2 aromatic rings. The highest BCUT2D eigenvalue weighted by Crippen LogP contribution is 2.40. The van der Waals surface area contributed by atoms with Crippen LogP contribution in [-0.4, -0.2) is 14.2 Å². The maximum Gasteiger partial charge on any atom is 0.142 e. The maximum absolute atomic E-state index is 13.5. The van der Waals surface area contributed by atoms with Gasteiger partial charge in [0, 0.05) is 5.56 Å². The highest BCUT2D eigenvalue weighted by atomic mass is 35.5. The minimum atomic E-state index is -0.636. The number of alkyl halides is 1. The molecule has 1 unspecified atom stereocenters.